The summed E-state index contributed by atoms with van der Waals surface area (Å²) < 4.78 is 0. The maximum absolute atomic E-state index is 12.6. The highest BCUT2D eigenvalue weighted by Gasteiger charge is 2.30. The van der Waals surface area contributed by atoms with E-state index in [1.165, 1.54) is 5.56 Å². The molecule has 0 saturated carbocycles. The Hall–Kier alpha value is -2.89. The lowest BCUT2D eigenvalue weighted by Crippen LogP contribution is -2.37. The monoisotopic (exact) mass is 352 g/mol. The SMILES string of the molecule is Cc1ccnc(NC(=O)CN2CCN(c3ccc(C(C)C)cc3)C2=O)c1. The number of hydrogen-bond acceptors (Lipinski definition) is 3. The van der Waals surface area contributed by atoms with Crippen molar-refractivity contribution in [2.75, 3.05) is 29.9 Å². The molecular formula is C20H24N4O2. The number of anilines is 2. The van der Waals surface area contributed by atoms with Crippen molar-refractivity contribution < 1.29 is 9.59 Å². The average molecular weight is 352 g/mol. The molecule has 0 aliphatic carbocycles. The zero-order valence-electron chi connectivity index (χ0n) is 15.4. The summed E-state index contributed by atoms with van der Waals surface area (Å²) in [6, 6.07) is 11.5. The zero-order valence-corrected chi connectivity index (χ0v) is 15.4. The van der Waals surface area contributed by atoms with Gasteiger partial charge in [-0.3, -0.25) is 9.69 Å². The molecule has 2 heterocycles. The van der Waals surface area contributed by atoms with Crippen LogP contribution in [0.1, 0.15) is 30.9 Å². The number of carbonyl (C=O) groups excluding carboxylic acids is 2. The van der Waals surface area contributed by atoms with Gasteiger partial charge in [-0.1, -0.05) is 26.0 Å². The smallest absolute Gasteiger partial charge is 0.313 e. The molecule has 1 aliphatic rings. The standard InChI is InChI=1S/C20H24N4O2/c1-14(2)16-4-6-17(7-5-16)24-11-10-23(20(24)26)13-19(25)22-18-12-15(3)8-9-21-18/h4-9,12,14H,10-11,13H2,1-3H3,(H,21,22,25). The zero-order chi connectivity index (χ0) is 18.7. The van der Waals surface area contributed by atoms with E-state index in [1.54, 1.807) is 22.1 Å². The molecule has 2 aromatic rings. The van der Waals surface area contributed by atoms with E-state index in [1.807, 2.05) is 37.3 Å². The Morgan fingerprint density at radius 2 is 1.92 bits per heavy atom. The van der Waals surface area contributed by atoms with Gasteiger partial charge in [0.05, 0.1) is 0 Å². The molecule has 1 fully saturated rings. The van der Waals surface area contributed by atoms with Crippen LogP contribution in [0.5, 0.6) is 0 Å². The minimum Gasteiger partial charge on any atom is -0.313 e. The minimum absolute atomic E-state index is 0.0229. The maximum atomic E-state index is 12.6. The molecule has 0 unspecified atom stereocenters. The molecule has 1 aromatic carbocycles. The number of benzene rings is 1. The largest absolute Gasteiger partial charge is 0.325 e. The molecule has 26 heavy (non-hydrogen) atoms. The van der Waals surface area contributed by atoms with Crippen molar-refractivity contribution in [1.82, 2.24) is 9.88 Å². The molecule has 1 saturated heterocycles. The van der Waals surface area contributed by atoms with Gasteiger partial charge in [0, 0.05) is 25.0 Å². The Kier molecular flexibility index (Phi) is 5.21. The third kappa shape index (κ3) is 4.02. The fourth-order valence-corrected chi connectivity index (χ4v) is 2.97. The van der Waals surface area contributed by atoms with Gasteiger partial charge in [-0.25, -0.2) is 9.78 Å². The summed E-state index contributed by atoms with van der Waals surface area (Å²) in [5.74, 6) is 0.713. The van der Waals surface area contributed by atoms with E-state index >= 15 is 0 Å². The number of pyridine rings is 1. The summed E-state index contributed by atoms with van der Waals surface area (Å²) in [4.78, 5) is 32.2. The van der Waals surface area contributed by atoms with Crippen LogP contribution in [-0.2, 0) is 4.79 Å². The first kappa shape index (κ1) is 17.9. The summed E-state index contributed by atoms with van der Waals surface area (Å²) in [5.41, 5.74) is 3.12. The molecule has 0 bridgehead atoms. The van der Waals surface area contributed by atoms with Gasteiger partial charge in [-0.05, 0) is 48.2 Å². The van der Waals surface area contributed by atoms with Gasteiger partial charge >= 0.3 is 6.03 Å². The molecule has 3 amide bonds. The first-order chi connectivity index (χ1) is 12.4. The molecular weight excluding hydrogens is 328 g/mol. The van der Waals surface area contributed by atoms with E-state index in [0.717, 1.165) is 11.3 Å². The maximum Gasteiger partial charge on any atom is 0.325 e. The van der Waals surface area contributed by atoms with Crippen LogP contribution < -0.4 is 10.2 Å². The van der Waals surface area contributed by atoms with Crippen LogP contribution >= 0.6 is 0 Å². The van der Waals surface area contributed by atoms with Crippen molar-refractivity contribution in [2.45, 2.75) is 26.7 Å². The first-order valence-electron chi connectivity index (χ1n) is 8.83. The second-order valence-electron chi connectivity index (χ2n) is 6.87. The number of rotatable bonds is 5. The second-order valence-corrected chi connectivity index (χ2v) is 6.87. The molecule has 0 radical (unpaired) electrons. The number of aryl methyl sites for hydroxylation is 1. The number of urea groups is 1. The van der Waals surface area contributed by atoms with Crippen LogP contribution in [0.15, 0.2) is 42.6 Å². The predicted molar refractivity (Wildman–Crippen MR) is 102 cm³/mol. The van der Waals surface area contributed by atoms with E-state index in [-0.39, 0.29) is 18.5 Å². The van der Waals surface area contributed by atoms with Crippen molar-refractivity contribution in [1.29, 1.82) is 0 Å². The lowest BCUT2D eigenvalue weighted by atomic mass is 10.0. The third-order valence-corrected chi connectivity index (χ3v) is 4.48. The highest BCUT2D eigenvalue weighted by Crippen LogP contribution is 2.23. The minimum atomic E-state index is -0.242. The van der Waals surface area contributed by atoms with Gasteiger partial charge in [0.15, 0.2) is 0 Å². The molecule has 0 atom stereocenters. The molecule has 136 valence electrons. The van der Waals surface area contributed by atoms with Crippen molar-refractivity contribution in [3.05, 3.63) is 53.7 Å². The lowest BCUT2D eigenvalue weighted by Gasteiger charge is -2.19. The Morgan fingerprint density at radius 3 is 2.58 bits per heavy atom. The second kappa shape index (κ2) is 7.56. The first-order valence-corrected chi connectivity index (χ1v) is 8.83. The van der Waals surface area contributed by atoms with Gasteiger partial charge < -0.3 is 10.2 Å². The van der Waals surface area contributed by atoms with Gasteiger partial charge in [0.25, 0.3) is 0 Å². The fraction of sp³-hybridized carbons (Fsp3) is 0.350. The van der Waals surface area contributed by atoms with Crippen molar-refractivity contribution in [2.24, 2.45) is 0 Å². The van der Waals surface area contributed by atoms with Crippen LogP contribution in [0.4, 0.5) is 16.3 Å². The number of amides is 3. The molecule has 1 aliphatic heterocycles. The van der Waals surface area contributed by atoms with E-state index in [0.29, 0.717) is 24.8 Å². The molecule has 6 nitrogen and oxygen atoms in total. The van der Waals surface area contributed by atoms with Crippen molar-refractivity contribution >= 4 is 23.4 Å². The van der Waals surface area contributed by atoms with Crippen molar-refractivity contribution in [3.8, 4) is 0 Å². The summed E-state index contributed by atoms with van der Waals surface area (Å²) in [5, 5.41) is 2.74. The van der Waals surface area contributed by atoms with Gasteiger partial charge in [-0.15, -0.1) is 0 Å². The van der Waals surface area contributed by atoms with Gasteiger partial charge in [-0.2, -0.15) is 0 Å². The topological polar surface area (TPSA) is 65.5 Å². The van der Waals surface area contributed by atoms with Crippen LogP contribution in [0, 0.1) is 6.92 Å². The Balaban J connectivity index is 1.61. The van der Waals surface area contributed by atoms with Gasteiger partial charge in [0.1, 0.15) is 12.4 Å². The Bertz CT molecular complexity index is 802. The molecule has 6 heteroatoms. The number of nitrogens with zero attached hydrogens (tertiary/aromatic N) is 3. The number of hydrogen-bond donors (Lipinski definition) is 1. The summed E-state index contributed by atoms with van der Waals surface area (Å²) in [6.07, 6.45) is 1.65. The van der Waals surface area contributed by atoms with E-state index in [4.69, 9.17) is 0 Å². The van der Waals surface area contributed by atoms with Crippen LogP contribution in [0.3, 0.4) is 0 Å². The van der Waals surface area contributed by atoms with Crippen molar-refractivity contribution in [3.63, 3.8) is 0 Å². The molecule has 0 spiro atoms. The van der Waals surface area contributed by atoms with Gasteiger partial charge in [0.2, 0.25) is 5.91 Å². The normalized spacial score (nSPS) is 14.2. The summed E-state index contributed by atoms with van der Waals surface area (Å²) in [7, 11) is 0. The van der Waals surface area contributed by atoms with E-state index in [9.17, 15) is 9.59 Å². The van der Waals surface area contributed by atoms with Crippen LogP contribution in [-0.4, -0.2) is 41.5 Å². The fourth-order valence-electron chi connectivity index (χ4n) is 2.97. The molecule has 1 N–H and O–H groups in total. The summed E-state index contributed by atoms with van der Waals surface area (Å²) >= 11 is 0. The predicted octanol–water partition coefficient (Wildman–Crippen LogP) is 3.39. The average Bonchev–Trinajstić information content (AvgIpc) is 2.95. The Morgan fingerprint density at radius 1 is 1.19 bits per heavy atom. The van der Waals surface area contributed by atoms with E-state index in [2.05, 4.69) is 24.1 Å². The number of nitrogens with one attached hydrogen (secondary N) is 1. The summed E-state index contributed by atoms with van der Waals surface area (Å²) in [6.45, 7) is 7.34. The van der Waals surface area contributed by atoms with Crippen LogP contribution in [0.2, 0.25) is 0 Å². The number of aromatic nitrogens is 1. The number of carbonyl (C=O) groups is 2. The molecule has 1 aromatic heterocycles. The van der Waals surface area contributed by atoms with E-state index < -0.39 is 0 Å². The highest BCUT2D eigenvalue weighted by atomic mass is 16.2. The highest BCUT2D eigenvalue weighted by molar-refractivity contribution is 5.99. The van der Waals surface area contributed by atoms with Crippen LogP contribution in [0.25, 0.3) is 0 Å². The third-order valence-electron chi connectivity index (χ3n) is 4.48. The molecule has 3 rings (SSSR count). The lowest BCUT2D eigenvalue weighted by molar-refractivity contribution is -0.116. The quantitative estimate of drug-likeness (QED) is 0.897. The Labute approximate surface area is 153 Å².